The maximum atomic E-state index is 5.80. The fourth-order valence-electron chi connectivity index (χ4n) is 2.13. The number of para-hydroxylation sites is 2. The molecule has 1 aromatic rings. The summed E-state index contributed by atoms with van der Waals surface area (Å²) in [5.74, 6) is 1.64. The zero-order valence-corrected chi connectivity index (χ0v) is 9.86. The van der Waals surface area contributed by atoms with E-state index >= 15 is 0 Å². The third-order valence-electron chi connectivity index (χ3n) is 3.09. The van der Waals surface area contributed by atoms with Crippen LogP contribution in [0.1, 0.15) is 13.3 Å². The number of nitrogens with zero attached hydrogens (tertiary/aromatic N) is 1. The van der Waals surface area contributed by atoms with Crippen LogP contribution in [0, 0.1) is 5.92 Å². The number of ether oxygens (including phenoxy) is 1. The van der Waals surface area contributed by atoms with Crippen LogP contribution in [0.2, 0.25) is 0 Å². The molecule has 0 bridgehead atoms. The third kappa shape index (κ3) is 2.89. The largest absolute Gasteiger partial charge is 0.490 e. The molecule has 1 aliphatic rings. The van der Waals surface area contributed by atoms with Crippen LogP contribution < -0.4 is 10.5 Å². The molecule has 1 aromatic carbocycles. The van der Waals surface area contributed by atoms with Crippen molar-refractivity contribution in [2.75, 3.05) is 32.0 Å². The topological polar surface area (TPSA) is 38.5 Å². The van der Waals surface area contributed by atoms with E-state index in [0.717, 1.165) is 30.5 Å². The summed E-state index contributed by atoms with van der Waals surface area (Å²) in [6.07, 6.45) is 1.31. The fourth-order valence-corrected chi connectivity index (χ4v) is 2.13. The maximum Gasteiger partial charge on any atom is 0.142 e. The Hall–Kier alpha value is -1.22. The number of anilines is 1. The molecule has 1 aliphatic heterocycles. The van der Waals surface area contributed by atoms with Crippen LogP contribution in [0.15, 0.2) is 24.3 Å². The number of likely N-dealkylation sites (tertiary alicyclic amines) is 1. The average Bonchev–Trinajstić information content (AvgIpc) is 2.67. The number of hydrogen-bond acceptors (Lipinski definition) is 3. The van der Waals surface area contributed by atoms with Gasteiger partial charge in [-0.05, 0) is 31.0 Å². The van der Waals surface area contributed by atoms with Gasteiger partial charge in [0.2, 0.25) is 0 Å². The number of hydrogen-bond donors (Lipinski definition) is 1. The monoisotopic (exact) mass is 220 g/mol. The summed E-state index contributed by atoms with van der Waals surface area (Å²) in [7, 11) is 0. The van der Waals surface area contributed by atoms with Gasteiger partial charge in [-0.1, -0.05) is 19.1 Å². The lowest BCUT2D eigenvalue weighted by Crippen LogP contribution is -2.26. The molecule has 2 N–H and O–H groups in total. The minimum Gasteiger partial charge on any atom is -0.490 e. The van der Waals surface area contributed by atoms with Crippen molar-refractivity contribution in [3.05, 3.63) is 24.3 Å². The molecule has 0 aliphatic carbocycles. The molecule has 0 aromatic heterocycles. The van der Waals surface area contributed by atoms with Crippen LogP contribution >= 0.6 is 0 Å². The minimum atomic E-state index is 0.720. The van der Waals surface area contributed by atoms with Gasteiger partial charge in [-0.15, -0.1) is 0 Å². The smallest absolute Gasteiger partial charge is 0.142 e. The SMILES string of the molecule is CC1CCN(CCOc2ccccc2N)C1. The molecule has 1 saturated heterocycles. The van der Waals surface area contributed by atoms with E-state index in [2.05, 4.69) is 11.8 Å². The summed E-state index contributed by atoms with van der Waals surface area (Å²) in [6.45, 7) is 6.43. The number of rotatable bonds is 4. The van der Waals surface area contributed by atoms with E-state index in [-0.39, 0.29) is 0 Å². The van der Waals surface area contributed by atoms with E-state index in [1.807, 2.05) is 24.3 Å². The van der Waals surface area contributed by atoms with Gasteiger partial charge in [0, 0.05) is 13.1 Å². The summed E-state index contributed by atoms with van der Waals surface area (Å²) in [5, 5.41) is 0. The van der Waals surface area contributed by atoms with Gasteiger partial charge in [0.15, 0.2) is 0 Å². The first kappa shape index (κ1) is 11.3. The lowest BCUT2D eigenvalue weighted by Gasteiger charge is -2.16. The highest BCUT2D eigenvalue weighted by Crippen LogP contribution is 2.20. The molecule has 3 heteroatoms. The van der Waals surface area contributed by atoms with Crippen molar-refractivity contribution in [3.8, 4) is 5.75 Å². The molecule has 0 spiro atoms. The Labute approximate surface area is 97.2 Å². The summed E-state index contributed by atoms with van der Waals surface area (Å²) in [4.78, 5) is 2.45. The molecule has 1 heterocycles. The van der Waals surface area contributed by atoms with E-state index in [4.69, 9.17) is 10.5 Å². The van der Waals surface area contributed by atoms with Gasteiger partial charge in [0.05, 0.1) is 5.69 Å². The van der Waals surface area contributed by atoms with Gasteiger partial charge < -0.3 is 10.5 Å². The van der Waals surface area contributed by atoms with E-state index in [1.54, 1.807) is 0 Å². The zero-order valence-electron chi connectivity index (χ0n) is 9.86. The van der Waals surface area contributed by atoms with Gasteiger partial charge in [-0.25, -0.2) is 0 Å². The average molecular weight is 220 g/mol. The van der Waals surface area contributed by atoms with Gasteiger partial charge in [0.1, 0.15) is 12.4 Å². The Kier molecular flexibility index (Phi) is 3.67. The van der Waals surface area contributed by atoms with Gasteiger partial charge in [0.25, 0.3) is 0 Å². The second-order valence-electron chi connectivity index (χ2n) is 4.58. The normalized spacial score (nSPS) is 21.2. The molecule has 0 saturated carbocycles. The standard InChI is InChI=1S/C13H20N2O/c1-11-6-7-15(10-11)8-9-16-13-5-3-2-4-12(13)14/h2-5,11H,6-10,14H2,1H3. The van der Waals surface area contributed by atoms with Crippen molar-refractivity contribution in [2.24, 2.45) is 5.92 Å². The highest BCUT2D eigenvalue weighted by molar-refractivity contribution is 5.51. The predicted octanol–water partition coefficient (Wildman–Crippen LogP) is 1.99. The molecule has 88 valence electrons. The minimum absolute atomic E-state index is 0.720. The van der Waals surface area contributed by atoms with Gasteiger partial charge >= 0.3 is 0 Å². The first-order valence-electron chi connectivity index (χ1n) is 5.95. The Morgan fingerprint density at radius 1 is 1.44 bits per heavy atom. The Balaban J connectivity index is 1.74. The van der Waals surface area contributed by atoms with Crippen molar-refractivity contribution in [1.82, 2.24) is 4.90 Å². The van der Waals surface area contributed by atoms with Crippen molar-refractivity contribution < 1.29 is 4.74 Å². The van der Waals surface area contributed by atoms with E-state index in [1.165, 1.54) is 19.5 Å². The molecule has 1 atom stereocenters. The van der Waals surface area contributed by atoms with Crippen LogP contribution in [0.25, 0.3) is 0 Å². The van der Waals surface area contributed by atoms with Crippen LogP contribution in [0.4, 0.5) is 5.69 Å². The predicted molar refractivity (Wildman–Crippen MR) is 66.6 cm³/mol. The van der Waals surface area contributed by atoms with E-state index in [9.17, 15) is 0 Å². The van der Waals surface area contributed by atoms with Crippen LogP contribution in [-0.4, -0.2) is 31.1 Å². The number of benzene rings is 1. The molecule has 1 fully saturated rings. The molecule has 3 nitrogen and oxygen atoms in total. The molecule has 0 radical (unpaired) electrons. The molecule has 1 unspecified atom stereocenters. The quantitative estimate of drug-likeness (QED) is 0.789. The lowest BCUT2D eigenvalue weighted by molar-refractivity contribution is 0.234. The summed E-state index contributed by atoms with van der Waals surface area (Å²) in [5.41, 5.74) is 6.52. The zero-order chi connectivity index (χ0) is 11.4. The Morgan fingerprint density at radius 3 is 2.94 bits per heavy atom. The van der Waals surface area contributed by atoms with Crippen LogP contribution in [0.3, 0.4) is 0 Å². The van der Waals surface area contributed by atoms with Crippen molar-refractivity contribution in [2.45, 2.75) is 13.3 Å². The molecule has 0 amide bonds. The van der Waals surface area contributed by atoms with Crippen molar-refractivity contribution in [1.29, 1.82) is 0 Å². The molecular weight excluding hydrogens is 200 g/mol. The van der Waals surface area contributed by atoms with Crippen LogP contribution in [0.5, 0.6) is 5.75 Å². The van der Waals surface area contributed by atoms with Crippen molar-refractivity contribution >= 4 is 5.69 Å². The first-order chi connectivity index (χ1) is 7.75. The molecule has 2 rings (SSSR count). The van der Waals surface area contributed by atoms with E-state index in [0.29, 0.717) is 0 Å². The van der Waals surface area contributed by atoms with Crippen molar-refractivity contribution in [3.63, 3.8) is 0 Å². The van der Waals surface area contributed by atoms with E-state index < -0.39 is 0 Å². The first-order valence-corrected chi connectivity index (χ1v) is 5.95. The second kappa shape index (κ2) is 5.21. The lowest BCUT2D eigenvalue weighted by atomic mass is 10.2. The number of nitrogens with two attached hydrogens (primary N) is 1. The van der Waals surface area contributed by atoms with Crippen LogP contribution in [-0.2, 0) is 0 Å². The summed E-state index contributed by atoms with van der Waals surface area (Å²) >= 11 is 0. The number of nitrogen functional groups attached to an aromatic ring is 1. The Morgan fingerprint density at radius 2 is 2.25 bits per heavy atom. The molecule has 16 heavy (non-hydrogen) atoms. The third-order valence-corrected chi connectivity index (χ3v) is 3.09. The van der Waals surface area contributed by atoms with Gasteiger partial charge in [-0.3, -0.25) is 4.90 Å². The summed E-state index contributed by atoms with van der Waals surface area (Å²) < 4.78 is 5.67. The highest BCUT2D eigenvalue weighted by atomic mass is 16.5. The second-order valence-corrected chi connectivity index (χ2v) is 4.58. The summed E-state index contributed by atoms with van der Waals surface area (Å²) in [6, 6.07) is 7.66. The molecular formula is C13H20N2O. The fraction of sp³-hybridized carbons (Fsp3) is 0.538. The Bertz CT molecular complexity index is 340. The maximum absolute atomic E-state index is 5.80. The van der Waals surface area contributed by atoms with Gasteiger partial charge in [-0.2, -0.15) is 0 Å². The highest BCUT2D eigenvalue weighted by Gasteiger charge is 2.17.